The number of guanidine groups is 1. The molecule has 1 aromatic heterocycles. The molecule has 2 N–H and O–H groups in total. The van der Waals surface area contributed by atoms with Crippen LogP contribution < -0.4 is 20.1 Å². The Kier molecular flexibility index (Phi) is 8.24. The van der Waals surface area contributed by atoms with Crippen molar-refractivity contribution in [3.05, 3.63) is 39.3 Å². The number of aromatic nitrogens is 1. The lowest BCUT2D eigenvalue weighted by molar-refractivity contribution is -0.0504. The molecule has 1 aliphatic carbocycles. The first-order valence-electron chi connectivity index (χ1n) is 10.1. The molecule has 0 saturated heterocycles. The maximum atomic E-state index is 12.7. The zero-order chi connectivity index (χ0) is 21.3. The summed E-state index contributed by atoms with van der Waals surface area (Å²) >= 11 is 1.85. The normalized spacial score (nSPS) is 13.8. The van der Waals surface area contributed by atoms with E-state index < -0.39 is 6.61 Å². The lowest BCUT2D eigenvalue weighted by Crippen LogP contribution is -2.37. The van der Waals surface area contributed by atoms with Crippen molar-refractivity contribution in [1.82, 2.24) is 15.6 Å². The van der Waals surface area contributed by atoms with E-state index in [-0.39, 0.29) is 12.3 Å². The summed E-state index contributed by atoms with van der Waals surface area (Å²) in [6, 6.07) is 4.73. The van der Waals surface area contributed by atoms with E-state index in [4.69, 9.17) is 9.72 Å². The average molecular weight is 439 g/mol. The van der Waals surface area contributed by atoms with Crippen molar-refractivity contribution in [3.63, 3.8) is 0 Å². The number of hydrogen-bond donors (Lipinski definition) is 2. The summed E-state index contributed by atoms with van der Waals surface area (Å²) in [5.74, 6) is 1.28. The molecule has 0 unspecified atom stereocenters. The first kappa shape index (κ1) is 22.3. The Hall–Kier alpha value is -2.42. The molecule has 0 saturated carbocycles. The predicted molar refractivity (Wildman–Crippen MR) is 115 cm³/mol. The third kappa shape index (κ3) is 6.29. The highest BCUT2D eigenvalue weighted by atomic mass is 32.1. The highest BCUT2D eigenvalue weighted by Gasteiger charge is 2.15. The van der Waals surface area contributed by atoms with Gasteiger partial charge in [0.15, 0.2) is 5.96 Å². The third-order valence-electron chi connectivity index (χ3n) is 4.90. The number of aryl methyl sites for hydroxylation is 3. The van der Waals surface area contributed by atoms with Crippen LogP contribution in [0, 0.1) is 0 Å². The van der Waals surface area contributed by atoms with Crippen LogP contribution in [0.1, 0.15) is 40.4 Å². The number of alkyl halides is 2. The van der Waals surface area contributed by atoms with Crippen LogP contribution in [0.25, 0.3) is 0 Å². The zero-order valence-electron chi connectivity index (χ0n) is 17.3. The topological polar surface area (TPSA) is 67.8 Å². The molecule has 6 nitrogen and oxygen atoms in total. The van der Waals surface area contributed by atoms with E-state index in [0.29, 0.717) is 17.3 Å². The summed E-state index contributed by atoms with van der Waals surface area (Å²) in [5.41, 5.74) is 1.86. The van der Waals surface area contributed by atoms with Crippen molar-refractivity contribution in [2.45, 2.75) is 51.7 Å². The molecule has 0 aliphatic heterocycles. The molecule has 30 heavy (non-hydrogen) atoms. The molecule has 0 radical (unpaired) electrons. The monoisotopic (exact) mass is 438 g/mol. The molecular weight excluding hydrogens is 410 g/mol. The van der Waals surface area contributed by atoms with E-state index in [9.17, 15) is 8.78 Å². The quantitative estimate of drug-likeness (QED) is 0.353. The van der Waals surface area contributed by atoms with Gasteiger partial charge in [0.25, 0.3) is 0 Å². The molecule has 0 fully saturated rings. The highest BCUT2D eigenvalue weighted by molar-refractivity contribution is 7.11. The summed E-state index contributed by atoms with van der Waals surface area (Å²) in [5, 5.41) is 7.60. The first-order valence-corrected chi connectivity index (χ1v) is 10.9. The van der Waals surface area contributed by atoms with E-state index in [1.807, 2.05) is 11.3 Å². The Morgan fingerprint density at radius 1 is 1.27 bits per heavy atom. The van der Waals surface area contributed by atoms with Gasteiger partial charge >= 0.3 is 6.61 Å². The number of halogens is 2. The second-order valence-corrected chi connectivity index (χ2v) is 8.16. The number of fused-ring (bicyclic) bond motifs is 1. The maximum absolute atomic E-state index is 12.7. The van der Waals surface area contributed by atoms with Gasteiger partial charge in [-0.2, -0.15) is 8.78 Å². The SMILES string of the molecule is CN=C(NCCCc1nc2c(s1)CCCC2)NCc1cc(OC)ccc1OC(F)F. The van der Waals surface area contributed by atoms with Crippen molar-refractivity contribution in [3.8, 4) is 11.5 Å². The molecule has 3 rings (SSSR count). The minimum atomic E-state index is -2.88. The van der Waals surface area contributed by atoms with Crippen LogP contribution in [0.15, 0.2) is 23.2 Å². The Labute approximate surface area is 179 Å². The number of thiazole rings is 1. The zero-order valence-corrected chi connectivity index (χ0v) is 18.2. The molecule has 0 amide bonds. The number of aliphatic imine (C=N–C) groups is 1. The molecule has 2 aromatic rings. The summed E-state index contributed by atoms with van der Waals surface area (Å²) < 4.78 is 35.1. The van der Waals surface area contributed by atoms with E-state index >= 15 is 0 Å². The lowest BCUT2D eigenvalue weighted by Gasteiger charge is -2.15. The molecule has 1 aromatic carbocycles. The number of benzene rings is 1. The van der Waals surface area contributed by atoms with Gasteiger partial charge in [-0.25, -0.2) is 4.98 Å². The molecule has 1 aliphatic rings. The minimum Gasteiger partial charge on any atom is -0.497 e. The second kappa shape index (κ2) is 11.1. The Morgan fingerprint density at radius 3 is 2.83 bits per heavy atom. The predicted octanol–water partition coefficient (Wildman–Crippen LogP) is 3.93. The smallest absolute Gasteiger partial charge is 0.387 e. The third-order valence-corrected chi connectivity index (χ3v) is 6.12. The van der Waals surface area contributed by atoms with Crippen LogP contribution in [0.2, 0.25) is 0 Å². The number of rotatable bonds is 9. The van der Waals surface area contributed by atoms with Crippen molar-refractivity contribution in [2.75, 3.05) is 20.7 Å². The van der Waals surface area contributed by atoms with E-state index in [1.165, 1.54) is 48.0 Å². The van der Waals surface area contributed by atoms with Crippen molar-refractivity contribution < 1.29 is 18.3 Å². The number of hydrogen-bond acceptors (Lipinski definition) is 5. The number of nitrogens with zero attached hydrogens (tertiary/aromatic N) is 2. The number of methoxy groups -OCH3 is 1. The van der Waals surface area contributed by atoms with Crippen LogP contribution in [0.4, 0.5) is 8.78 Å². The van der Waals surface area contributed by atoms with E-state index in [1.54, 1.807) is 19.2 Å². The van der Waals surface area contributed by atoms with Crippen molar-refractivity contribution in [2.24, 2.45) is 4.99 Å². The van der Waals surface area contributed by atoms with Gasteiger partial charge in [0.1, 0.15) is 11.5 Å². The van der Waals surface area contributed by atoms with Crippen LogP contribution >= 0.6 is 11.3 Å². The fourth-order valence-electron chi connectivity index (χ4n) is 3.39. The van der Waals surface area contributed by atoms with E-state index in [2.05, 4.69) is 20.4 Å². The van der Waals surface area contributed by atoms with Crippen LogP contribution in [0.5, 0.6) is 11.5 Å². The average Bonchev–Trinajstić information content (AvgIpc) is 3.16. The number of nitrogens with one attached hydrogen (secondary N) is 2. The standard InChI is InChI=1S/C21H28F2N4O2S/c1-24-21(25-11-5-8-19-27-16-6-3-4-7-18(16)30-19)26-13-14-12-15(28-2)9-10-17(14)29-20(22)23/h9-10,12,20H,3-8,11,13H2,1-2H3,(H2,24,25,26). The van der Waals surface area contributed by atoms with Gasteiger partial charge in [-0.05, 0) is 50.3 Å². The summed E-state index contributed by atoms with van der Waals surface area (Å²) in [4.78, 5) is 10.4. The van der Waals surface area contributed by atoms with Crippen LogP contribution in [-0.2, 0) is 25.8 Å². The molecule has 0 bridgehead atoms. The van der Waals surface area contributed by atoms with Gasteiger partial charge in [0.2, 0.25) is 0 Å². The number of ether oxygens (including phenoxy) is 2. The van der Waals surface area contributed by atoms with E-state index in [0.717, 1.165) is 25.8 Å². The second-order valence-electron chi connectivity index (χ2n) is 6.99. The van der Waals surface area contributed by atoms with Gasteiger partial charge in [-0.15, -0.1) is 11.3 Å². The van der Waals surface area contributed by atoms with Crippen LogP contribution in [0.3, 0.4) is 0 Å². The first-order chi connectivity index (χ1) is 14.6. The largest absolute Gasteiger partial charge is 0.497 e. The van der Waals surface area contributed by atoms with Gasteiger partial charge in [-0.3, -0.25) is 4.99 Å². The molecular formula is C21H28F2N4O2S. The molecule has 1 heterocycles. The molecule has 164 valence electrons. The van der Waals surface area contributed by atoms with Crippen molar-refractivity contribution in [1.29, 1.82) is 0 Å². The molecule has 0 atom stereocenters. The Bertz CT molecular complexity index is 834. The minimum absolute atomic E-state index is 0.112. The van der Waals surface area contributed by atoms with Gasteiger partial charge in [-0.1, -0.05) is 0 Å². The lowest BCUT2D eigenvalue weighted by atomic mass is 10.0. The Balaban J connectivity index is 1.47. The highest BCUT2D eigenvalue weighted by Crippen LogP contribution is 2.27. The van der Waals surface area contributed by atoms with Gasteiger partial charge < -0.3 is 20.1 Å². The molecule has 0 spiro atoms. The fourth-order valence-corrected chi connectivity index (χ4v) is 4.59. The van der Waals surface area contributed by atoms with Crippen LogP contribution in [-0.4, -0.2) is 38.3 Å². The molecule has 9 heteroatoms. The fraction of sp³-hybridized carbons (Fsp3) is 0.524. The Morgan fingerprint density at radius 2 is 2.10 bits per heavy atom. The van der Waals surface area contributed by atoms with Crippen molar-refractivity contribution >= 4 is 17.3 Å². The summed E-state index contributed by atoms with van der Waals surface area (Å²) in [7, 11) is 3.20. The maximum Gasteiger partial charge on any atom is 0.387 e. The van der Waals surface area contributed by atoms with Gasteiger partial charge in [0.05, 0.1) is 17.8 Å². The van der Waals surface area contributed by atoms with Gasteiger partial charge in [0, 0.05) is 37.0 Å². The summed E-state index contributed by atoms with van der Waals surface area (Å²) in [6.07, 6.45) is 6.67. The summed E-state index contributed by atoms with van der Waals surface area (Å²) in [6.45, 7) is -1.87.